The second-order valence-electron chi connectivity index (χ2n) is 12.5. The number of thioether (sulfide) groups is 1. The Morgan fingerprint density at radius 1 is 1.02 bits per heavy atom. The van der Waals surface area contributed by atoms with Gasteiger partial charge in [-0.1, -0.05) is 75.0 Å². The van der Waals surface area contributed by atoms with Crippen molar-refractivity contribution in [2.24, 2.45) is 11.7 Å². The van der Waals surface area contributed by atoms with E-state index in [4.69, 9.17) is 15.8 Å². The van der Waals surface area contributed by atoms with Gasteiger partial charge in [-0.05, 0) is 72.6 Å². The van der Waals surface area contributed by atoms with Crippen LogP contribution in [-0.2, 0) is 22.6 Å². The zero-order valence-electron chi connectivity index (χ0n) is 27.9. The fraction of sp³-hybridized carbons (Fsp3) is 0.378. The van der Waals surface area contributed by atoms with E-state index >= 15 is 0 Å². The number of nitrogens with two attached hydrogens (primary N) is 1. The maximum absolute atomic E-state index is 13.7. The number of carboxylic acids is 2. The van der Waals surface area contributed by atoms with Crippen molar-refractivity contribution in [1.29, 1.82) is 0 Å². The minimum Gasteiger partial charge on any atom is -0.481 e. The molecule has 1 heterocycles. The number of imidazole rings is 1. The number of nitrogens with one attached hydrogen (secondary N) is 1. The summed E-state index contributed by atoms with van der Waals surface area (Å²) >= 11 is 1.03. The smallest absolute Gasteiger partial charge is 0.336 e. The number of carboxylic acid groups (broad SMARTS) is 2. The van der Waals surface area contributed by atoms with Gasteiger partial charge in [-0.2, -0.15) is 0 Å². The lowest BCUT2D eigenvalue weighted by Gasteiger charge is -2.21. The number of aromatic nitrogens is 2. The van der Waals surface area contributed by atoms with Crippen molar-refractivity contribution >= 4 is 45.8 Å². The van der Waals surface area contributed by atoms with E-state index in [-0.39, 0.29) is 41.4 Å². The Kier molecular flexibility index (Phi) is 12.5. The SMILES string of the molecule is CCCc1nc2c(C)cc(C(=O)N[C@@H](CSC(=O)[C@@H](N)CCC(=O)O)CC(C)C)cc2n1Cc1ccc(-c2ccccc2C(=O)O)cc1. The molecule has 3 aromatic carbocycles. The normalized spacial score (nSPS) is 12.6. The van der Waals surface area contributed by atoms with Gasteiger partial charge < -0.3 is 25.8 Å². The molecule has 0 aliphatic rings. The number of aryl methyl sites for hydroxylation is 2. The third-order valence-corrected chi connectivity index (χ3v) is 9.27. The highest BCUT2D eigenvalue weighted by Crippen LogP contribution is 2.27. The number of nitrogens with zero attached hydrogens (tertiary/aromatic N) is 2. The predicted octanol–water partition coefficient (Wildman–Crippen LogP) is 6.31. The van der Waals surface area contributed by atoms with E-state index in [0.29, 0.717) is 29.8 Å². The van der Waals surface area contributed by atoms with Crippen LogP contribution in [0.25, 0.3) is 22.2 Å². The first kappa shape index (κ1) is 36.4. The van der Waals surface area contributed by atoms with Crippen LogP contribution >= 0.6 is 11.8 Å². The monoisotopic (exact) mass is 672 g/mol. The molecule has 4 aromatic rings. The molecule has 0 radical (unpaired) electrons. The van der Waals surface area contributed by atoms with Gasteiger partial charge in [-0.15, -0.1) is 0 Å². The molecule has 4 rings (SSSR count). The predicted molar refractivity (Wildman–Crippen MR) is 189 cm³/mol. The molecule has 0 fully saturated rings. The van der Waals surface area contributed by atoms with E-state index in [1.54, 1.807) is 18.2 Å². The molecular weight excluding hydrogens is 628 g/mol. The van der Waals surface area contributed by atoms with Gasteiger partial charge >= 0.3 is 11.9 Å². The van der Waals surface area contributed by atoms with Gasteiger partial charge in [0.1, 0.15) is 5.82 Å². The molecule has 0 bridgehead atoms. The molecule has 11 heteroatoms. The molecule has 0 unspecified atom stereocenters. The number of aliphatic carboxylic acids is 1. The number of fused-ring (bicyclic) bond motifs is 1. The summed E-state index contributed by atoms with van der Waals surface area (Å²) < 4.78 is 2.14. The molecule has 0 spiro atoms. The zero-order chi connectivity index (χ0) is 35.0. The van der Waals surface area contributed by atoms with Crippen LogP contribution in [0.15, 0.2) is 60.7 Å². The van der Waals surface area contributed by atoms with E-state index < -0.39 is 18.0 Å². The van der Waals surface area contributed by atoms with E-state index in [1.165, 1.54) is 0 Å². The van der Waals surface area contributed by atoms with Crippen LogP contribution in [0.3, 0.4) is 0 Å². The Hall–Kier alpha value is -4.48. The van der Waals surface area contributed by atoms with Crippen LogP contribution in [0.2, 0.25) is 0 Å². The fourth-order valence-electron chi connectivity index (χ4n) is 5.75. The second-order valence-corrected chi connectivity index (χ2v) is 13.6. The number of hydrogen-bond acceptors (Lipinski definition) is 7. The lowest BCUT2D eigenvalue weighted by atomic mass is 9.98. The summed E-state index contributed by atoms with van der Waals surface area (Å²) in [6.45, 7) is 8.66. The fourth-order valence-corrected chi connectivity index (χ4v) is 6.67. The van der Waals surface area contributed by atoms with Crippen molar-refractivity contribution in [2.45, 2.75) is 78.4 Å². The van der Waals surface area contributed by atoms with Gasteiger partial charge in [0.25, 0.3) is 5.91 Å². The topological polar surface area (TPSA) is 165 Å². The quantitative estimate of drug-likeness (QED) is 0.107. The first-order valence-corrected chi connectivity index (χ1v) is 17.2. The summed E-state index contributed by atoms with van der Waals surface area (Å²) in [5.41, 5.74) is 11.7. The summed E-state index contributed by atoms with van der Waals surface area (Å²) in [7, 11) is 0. The maximum atomic E-state index is 13.7. The molecule has 254 valence electrons. The highest BCUT2D eigenvalue weighted by atomic mass is 32.2. The number of benzene rings is 3. The van der Waals surface area contributed by atoms with Crippen molar-refractivity contribution in [2.75, 3.05) is 5.75 Å². The molecule has 0 saturated carbocycles. The molecule has 2 atom stereocenters. The number of carbonyl (C=O) groups is 4. The standard InChI is InChI=1S/C37H44N4O6S/c1-5-8-32-40-34-23(4)18-26(35(44)39-27(17-22(2)3)21-48-37(47)30(38)15-16-33(42)43)19-31(34)41(32)20-24-11-13-25(14-12-24)28-9-6-7-10-29(28)36(45)46/h6-7,9-14,18-19,22,27,30H,5,8,15-17,20-21,38H2,1-4H3,(H,39,44)(H,42,43)(H,45,46)/t27-,30+/m1/s1. The van der Waals surface area contributed by atoms with Crippen molar-refractivity contribution in [3.8, 4) is 11.1 Å². The average Bonchev–Trinajstić information content (AvgIpc) is 3.39. The van der Waals surface area contributed by atoms with Crippen molar-refractivity contribution in [3.05, 3.63) is 88.7 Å². The summed E-state index contributed by atoms with van der Waals surface area (Å²) in [5, 5.41) is 21.4. The molecule has 1 amide bonds. The molecule has 0 saturated heterocycles. The molecule has 10 nitrogen and oxygen atoms in total. The van der Waals surface area contributed by atoms with Crippen LogP contribution in [-0.4, -0.2) is 60.6 Å². The number of aromatic carboxylic acids is 1. The third kappa shape index (κ3) is 9.32. The van der Waals surface area contributed by atoms with Gasteiger partial charge in [0.2, 0.25) is 5.12 Å². The van der Waals surface area contributed by atoms with Gasteiger partial charge in [-0.25, -0.2) is 9.78 Å². The van der Waals surface area contributed by atoms with Crippen LogP contribution < -0.4 is 11.1 Å². The van der Waals surface area contributed by atoms with Gasteiger partial charge in [-0.3, -0.25) is 14.4 Å². The summed E-state index contributed by atoms with van der Waals surface area (Å²) in [5.74, 6) is -0.714. The minimum absolute atomic E-state index is 0.0676. The van der Waals surface area contributed by atoms with Gasteiger partial charge in [0.15, 0.2) is 0 Å². The molecule has 5 N–H and O–H groups in total. The Morgan fingerprint density at radius 2 is 1.73 bits per heavy atom. The van der Waals surface area contributed by atoms with E-state index in [2.05, 4.69) is 16.8 Å². The first-order chi connectivity index (χ1) is 22.9. The van der Waals surface area contributed by atoms with Crippen LogP contribution in [0.4, 0.5) is 0 Å². The maximum Gasteiger partial charge on any atom is 0.336 e. The minimum atomic E-state index is -0.999. The largest absolute Gasteiger partial charge is 0.481 e. The molecule has 1 aromatic heterocycles. The molecule has 0 aliphatic heterocycles. The molecule has 0 aliphatic carbocycles. The summed E-state index contributed by atoms with van der Waals surface area (Å²) in [6.07, 6.45) is 2.20. The van der Waals surface area contributed by atoms with E-state index in [1.807, 2.05) is 63.2 Å². The highest BCUT2D eigenvalue weighted by Gasteiger charge is 2.22. The van der Waals surface area contributed by atoms with Crippen molar-refractivity contribution < 1.29 is 29.4 Å². The number of hydrogen-bond donors (Lipinski definition) is 4. The zero-order valence-corrected chi connectivity index (χ0v) is 28.7. The molecular formula is C37H44N4O6S. The third-order valence-electron chi connectivity index (χ3n) is 8.11. The Labute approximate surface area is 285 Å². The lowest BCUT2D eigenvalue weighted by molar-refractivity contribution is -0.137. The lowest BCUT2D eigenvalue weighted by Crippen LogP contribution is -2.39. The second kappa shape index (κ2) is 16.6. The van der Waals surface area contributed by atoms with Crippen LogP contribution in [0.5, 0.6) is 0 Å². The van der Waals surface area contributed by atoms with E-state index in [9.17, 15) is 24.3 Å². The van der Waals surface area contributed by atoms with Crippen LogP contribution in [0, 0.1) is 12.8 Å². The Morgan fingerprint density at radius 3 is 2.38 bits per heavy atom. The Bertz CT molecular complexity index is 1780. The first-order valence-electron chi connectivity index (χ1n) is 16.2. The number of rotatable bonds is 16. The highest BCUT2D eigenvalue weighted by molar-refractivity contribution is 8.13. The number of carbonyl (C=O) groups excluding carboxylic acids is 2. The summed E-state index contributed by atoms with van der Waals surface area (Å²) in [4.78, 5) is 53.8. The summed E-state index contributed by atoms with van der Waals surface area (Å²) in [6, 6.07) is 17.3. The number of amides is 1. The average molecular weight is 673 g/mol. The van der Waals surface area contributed by atoms with Crippen LogP contribution in [0.1, 0.15) is 84.1 Å². The van der Waals surface area contributed by atoms with Crippen molar-refractivity contribution in [3.63, 3.8) is 0 Å². The van der Waals surface area contributed by atoms with Gasteiger partial charge in [0, 0.05) is 36.7 Å². The van der Waals surface area contributed by atoms with Gasteiger partial charge in [0.05, 0.1) is 22.6 Å². The Balaban J connectivity index is 1.58. The molecule has 48 heavy (non-hydrogen) atoms. The van der Waals surface area contributed by atoms with E-state index in [0.717, 1.165) is 58.2 Å². The van der Waals surface area contributed by atoms with Crippen molar-refractivity contribution in [1.82, 2.24) is 14.9 Å².